The summed E-state index contributed by atoms with van der Waals surface area (Å²) in [5.74, 6) is -0.835. The molecule has 2 aliphatic heterocycles. The van der Waals surface area contributed by atoms with Crippen molar-refractivity contribution in [1.82, 2.24) is 5.32 Å². The molecule has 8 heteroatoms. The van der Waals surface area contributed by atoms with Crippen LogP contribution in [0.2, 0.25) is 0 Å². The molecule has 0 aliphatic carbocycles. The lowest BCUT2D eigenvalue weighted by Crippen LogP contribution is -2.55. The molecular weight excluding hydrogens is 350 g/mol. The molecule has 0 saturated carbocycles. The number of hydrogen-bond acceptors (Lipinski definition) is 6. The summed E-state index contributed by atoms with van der Waals surface area (Å²) < 4.78 is 10.2. The van der Waals surface area contributed by atoms with Crippen LogP contribution in [0.5, 0.6) is 0 Å². The molecule has 0 bridgehead atoms. The third-order valence-electron chi connectivity index (χ3n) is 4.63. The maximum Gasteiger partial charge on any atom is 0.408 e. The van der Waals surface area contributed by atoms with Crippen LogP contribution in [0, 0.1) is 0 Å². The van der Waals surface area contributed by atoms with Gasteiger partial charge in [0.2, 0.25) is 0 Å². The number of methoxy groups -OCH3 is 1. The molecule has 0 fully saturated rings. The Balaban J connectivity index is 1.96. The molecule has 2 aliphatic rings. The van der Waals surface area contributed by atoms with Gasteiger partial charge >= 0.3 is 12.1 Å². The molecule has 1 aromatic carbocycles. The minimum atomic E-state index is -0.852. The average molecular weight is 375 g/mol. The summed E-state index contributed by atoms with van der Waals surface area (Å²) in [6.45, 7) is 5.52. The Labute approximate surface area is 158 Å². The van der Waals surface area contributed by atoms with Gasteiger partial charge in [0.05, 0.1) is 18.5 Å². The average Bonchev–Trinajstić information content (AvgIpc) is 2.92. The van der Waals surface area contributed by atoms with Crippen molar-refractivity contribution in [3.63, 3.8) is 0 Å². The Morgan fingerprint density at radius 1 is 1.26 bits per heavy atom. The van der Waals surface area contributed by atoms with E-state index in [1.54, 1.807) is 20.8 Å². The number of carbonyl (C=O) groups is 3. The highest BCUT2D eigenvalue weighted by Gasteiger charge is 2.45. The van der Waals surface area contributed by atoms with Crippen molar-refractivity contribution < 1.29 is 23.9 Å². The van der Waals surface area contributed by atoms with E-state index < -0.39 is 29.7 Å². The van der Waals surface area contributed by atoms with Gasteiger partial charge in [0.15, 0.2) is 0 Å². The molecule has 0 unspecified atom stereocenters. The molecule has 27 heavy (non-hydrogen) atoms. The first-order chi connectivity index (χ1) is 12.6. The second kappa shape index (κ2) is 6.75. The van der Waals surface area contributed by atoms with E-state index in [0.717, 1.165) is 11.3 Å². The van der Waals surface area contributed by atoms with Crippen LogP contribution < -0.4 is 15.1 Å². The minimum Gasteiger partial charge on any atom is -0.467 e. The van der Waals surface area contributed by atoms with Gasteiger partial charge in [-0.05, 0) is 32.4 Å². The number of amides is 2. The highest BCUT2D eigenvalue weighted by molar-refractivity contribution is 6.09. The second-order valence-electron chi connectivity index (χ2n) is 7.82. The fraction of sp³-hybridized carbons (Fsp3) is 0.526. The zero-order valence-electron chi connectivity index (χ0n) is 16.2. The number of carbonyl (C=O) groups excluding carboxylic acids is 3. The van der Waals surface area contributed by atoms with Crippen LogP contribution >= 0.6 is 0 Å². The van der Waals surface area contributed by atoms with Gasteiger partial charge in [-0.1, -0.05) is 12.1 Å². The van der Waals surface area contributed by atoms with Gasteiger partial charge in [-0.15, -0.1) is 0 Å². The molecular formula is C19H25N3O5. The molecule has 8 nitrogen and oxygen atoms in total. The van der Waals surface area contributed by atoms with Crippen molar-refractivity contribution in [3.8, 4) is 0 Å². The van der Waals surface area contributed by atoms with Gasteiger partial charge < -0.3 is 19.7 Å². The van der Waals surface area contributed by atoms with E-state index in [0.29, 0.717) is 12.1 Å². The Hall–Kier alpha value is -2.77. The summed E-state index contributed by atoms with van der Waals surface area (Å²) in [7, 11) is 3.15. The number of esters is 1. The monoisotopic (exact) mass is 375 g/mol. The summed E-state index contributed by atoms with van der Waals surface area (Å²) in [4.78, 5) is 41.2. The van der Waals surface area contributed by atoms with E-state index in [1.165, 1.54) is 12.0 Å². The van der Waals surface area contributed by atoms with E-state index >= 15 is 0 Å². The summed E-state index contributed by atoms with van der Waals surface area (Å²) in [6.07, 6.45) is -0.288. The number of benzene rings is 1. The lowest BCUT2D eigenvalue weighted by atomic mass is 10.1. The lowest BCUT2D eigenvalue weighted by Gasteiger charge is -2.27. The van der Waals surface area contributed by atoms with Crippen LogP contribution in [0.15, 0.2) is 18.2 Å². The van der Waals surface area contributed by atoms with Crippen LogP contribution in [-0.2, 0) is 25.5 Å². The molecule has 1 aromatic rings. The normalized spacial score (nSPS) is 21.4. The number of ether oxygens (including phenoxy) is 2. The SMILES string of the molecule is COC(=O)[C@H]1Cc2cccc3c2N1C(=O)[C@@H](NC(=O)OC(C)(C)C)CN3C. The van der Waals surface area contributed by atoms with E-state index in [9.17, 15) is 14.4 Å². The molecule has 2 heterocycles. The third-order valence-corrected chi connectivity index (χ3v) is 4.63. The molecule has 0 aromatic heterocycles. The predicted molar refractivity (Wildman–Crippen MR) is 99.9 cm³/mol. The molecule has 0 saturated heterocycles. The summed E-state index contributed by atoms with van der Waals surface area (Å²) in [5.41, 5.74) is 1.76. The second-order valence-corrected chi connectivity index (χ2v) is 7.82. The number of anilines is 2. The highest BCUT2D eigenvalue weighted by atomic mass is 16.6. The molecule has 0 radical (unpaired) electrons. The van der Waals surface area contributed by atoms with Crippen LogP contribution in [0.3, 0.4) is 0 Å². The lowest BCUT2D eigenvalue weighted by molar-refractivity contribution is -0.143. The van der Waals surface area contributed by atoms with Gasteiger partial charge in [0.1, 0.15) is 17.7 Å². The number of nitrogens with one attached hydrogen (secondary N) is 1. The van der Waals surface area contributed by atoms with Crippen molar-refractivity contribution >= 4 is 29.3 Å². The fourth-order valence-corrected chi connectivity index (χ4v) is 3.55. The first kappa shape index (κ1) is 19.0. The summed E-state index contributed by atoms with van der Waals surface area (Å²) in [5, 5.41) is 2.65. The zero-order valence-corrected chi connectivity index (χ0v) is 16.2. The maximum atomic E-state index is 13.3. The summed E-state index contributed by atoms with van der Waals surface area (Å²) in [6, 6.07) is 4.10. The first-order valence-electron chi connectivity index (χ1n) is 8.86. The van der Waals surface area contributed by atoms with E-state index in [1.807, 2.05) is 30.1 Å². The van der Waals surface area contributed by atoms with Gasteiger partial charge in [-0.2, -0.15) is 0 Å². The van der Waals surface area contributed by atoms with Crippen LogP contribution in [0.1, 0.15) is 26.3 Å². The molecule has 1 N–H and O–H groups in total. The molecule has 0 spiro atoms. The molecule has 146 valence electrons. The van der Waals surface area contributed by atoms with E-state index in [4.69, 9.17) is 9.47 Å². The Morgan fingerprint density at radius 3 is 2.59 bits per heavy atom. The van der Waals surface area contributed by atoms with Crippen LogP contribution in [0.25, 0.3) is 0 Å². The number of hydrogen-bond donors (Lipinski definition) is 1. The molecule has 2 atom stereocenters. The minimum absolute atomic E-state index is 0.263. The van der Waals surface area contributed by atoms with Gasteiger partial charge in [-0.3, -0.25) is 9.69 Å². The van der Waals surface area contributed by atoms with Gasteiger partial charge in [0, 0.05) is 20.0 Å². The number of likely N-dealkylation sites (N-methyl/N-ethyl adjacent to an activating group) is 1. The van der Waals surface area contributed by atoms with Crippen molar-refractivity contribution in [2.24, 2.45) is 0 Å². The number of nitrogens with zero attached hydrogens (tertiary/aromatic N) is 2. The molecule has 2 amide bonds. The van der Waals surface area contributed by atoms with Crippen molar-refractivity contribution in [1.29, 1.82) is 0 Å². The quantitative estimate of drug-likeness (QED) is 0.788. The Kier molecular flexibility index (Phi) is 4.75. The topological polar surface area (TPSA) is 88.2 Å². The predicted octanol–water partition coefficient (Wildman–Crippen LogP) is 1.46. The standard InChI is InChI=1S/C19H25N3O5/c1-19(2,3)27-18(25)20-12-10-21(4)13-8-6-7-11-9-14(17(24)26-5)22(15(11)13)16(12)23/h6-8,12,14H,9-10H2,1-5H3,(H,20,25)/t12-,14+/m0/s1. The summed E-state index contributed by atoms with van der Waals surface area (Å²) >= 11 is 0. The van der Waals surface area contributed by atoms with Crippen LogP contribution in [0.4, 0.5) is 16.2 Å². The van der Waals surface area contributed by atoms with E-state index in [2.05, 4.69) is 5.32 Å². The number of rotatable bonds is 2. The Morgan fingerprint density at radius 2 is 1.96 bits per heavy atom. The van der Waals surface area contributed by atoms with Gasteiger partial charge in [0.25, 0.3) is 5.91 Å². The number of alkyl carbamates (subject to hydrolysis) is 1. The van der Waals surface area contributed by atoms with E-state index in [-0.39, 0.29) is 12.5 Å². The van der Waals surface area contributed by atoms with Crippen molar-refractivity contribution in [3.05, 3.63) is 23.8 Å². The third kappa shape index (κ3) is 3.56. The van der Waals surface area contributed by atoms with Crippen molar-refractivity contribution in [2.45, 2.75) is 44.9 Å². The maximum absolute atomic E-state index is 13.3. The fourth-order valence-electron chi connectivity index (χ4n) is 3.55. The highest BCUT2D eigenvalue weighted by Crippen LogP contribution is 2.42. The van der Waals surface area contributed by atoms with Crippen LogP contribution in [-0.4, -0.2) is 56.4 Å². The smallest absolute Gasteiger partial charge is 0.408 e. The first-order valence-corrected chi connectivity index (χ1v) is 8.86. The Bertz CT molecular complexity index is 786. The number of para-hydroxylation sites is 1. The zero-order chi connectivity index (χ0) is 19.9. The van der Waals surface area contributed by atoms with Gasteiger partial charge in [-0.25, -0.2) is 9.59 Å². The molecule has 3 rings (SSSR count). The largest absolute Gasteiger partial charge is 0.467 e. The van der Waals surface area contributed by atoms with Crippen molar-refractivity contribution in [2.75, 3.05) is 30.5 Å².